The molecule has 0 N–H and O–H groups in total. The average Bonchev–Trinajstić information content (AvgIpc) is 3.31. The molecule has 6 nitrogen and oxygen atoms in total. The van der Waals surface area contributed by atoms with E-state index in [1.165, 1.54) is 19.3 Å². The molecule has 2 bridgehead atoms. The van der Waals surface area contributed by atoms with Crippen LogP contribution in [0.15, 0.2) is 12.2 Å². The van der Waals surface area contributed by atoms with Gasteiger partial charge in [-0.3, -0.25) is 0 Å². The van der Waals surface area contributed by atoms with Crippen molar-refractivity contribution in [2.45, 2.75) is 77.5 Å². The van der Waals surface area contributed by atoms with Crippen molar-refractivity contribution in [3.63, 3.8) is 0 Å². The second-order valence-electron chi connectivity index (χ2n) is 9.60. The number of esters is 1. The van der Waals surface area contributed by atoms with E-state index in [0.29, 0.717) is 18.8 Å². The van der Waals surface area contributed by atoms with Crippen molar-refractivity contribution in [1.29, 1.82) is 0 Å². The molecule has 2 aliphatic carbocycles. The molecular weight excluding hydrogens is 348 g/mol. The summed E-state index contributed by atoms with van der Waals surface area (Å²) in [5.41, 5.74) is 0.828. The van der Waals surface area contributed by atoms with Gasteiger partial charge in [-0.25, -0.2) is 4.79 Å². The first kappa shape index (κ1) is 19.4. The maximum Gasteiger partial charge on any atom is 0.333 e. The molecule has 0 aromatic heterocycles. The molecule has 2 aliphatic heterocycles. The lowest BCUT2D eigenvalue weighted by atomic mass is 9.70. The highest BCUT2D eigenvalue weighted by atomic mass is 16.7. The summed E-state index contributed by atoms with van der Waals surface area (Å²) >= 11 is 0. The van der Waals surface area contributed by atoms with E-state index in [1.54, 1.807) is 6.92 Å². The fourth-order valence-electron chi connectivity index (χ4n) is 5.78. The van der Waals surface area contributed by atoms with Crippen molar-refractivity contribution in [2.75, 3.05) is 20.0 Å². The molecular formula is C21H32O6. The lowest BCUT2D eigenvalue weighted by molar-refractivity contribution is -0.184. The third kappa shape index (κ3) is 3.24. The molecule has 6 heteroatoms. The Kier molecular flexibility index (Phi) is 4.90. The molecule has 0 amide bonds. The first-order valence-electron chi connectivity index (χ1n) is 10.1. The molecule has 2 saturated carbocycles. The predicted octanol–water partition coefficient (Wildman–Crippen LogP) is 2.85. The largest absolute Gasteiger partial charge is 0.454 e. The summed E-state index contributed by atoms with van der Waals surface area (Å²) in [6.07, 6.45) is 2.91. The molecule has 0 aromatic rings. The van der Waals surface area contributed by atoms with Crippen LogP contribution in [0.5, 0.6) is 0 Å². The van der Waals surface area contributed by atoms with Gasteiger partial charge in [-0.2, -0.15) is 0 Å². The summed E-state index contributed by atoms with van der Waals surface area (Å²) in [5.74, 6) is 0.334. The number of carbonyl (C=O) groups excluding carboxylic acids is 1. The smallest absolute Gasteiger partial charge is 0.333 e. The van der Waals surface area contributed by atoms with Gasteiger partial charge in [-0.05, 0) is 42.9 Å². The van der Waals surface area contributed by atoms with E-state index >= 15 is 0 Å². The summed E-state index contributed by atoms with van der Waals surface area (Å²) in [6.45, 7) is 13.2. The van der Waals surface area contributed by atoms with Gasteiger partial charge in [0.2, 0.25) is 0 Å². The topological polar surface area (TPSA) is 63.2 Å². The summed E-state index contributed by atoms with van der Waals surface area (Å²) < 4.78 is 29.3. The zero-order valence-electron chi connectivity index (χ0n) is 16.9. The van der Waals surface area contributed by atoms with Crippen LogP contribution in [0.4, 0.5) is 0 Å². The SMILES string of the molecule is C=C(C)C(=O)O[C@H]1CO[C@H]2[C@@H]1OC[C@H]2OCOC1C2(C)CCC(C2)C1(C)C. The van der Waals surface area contributed by atoms with Crippen molar-refractivity contribution in [3.8, 4) is 0 Å². The predicted molar refractivity (Wildman–Crippen MR) is 98.0 cm³/mol. The van der Waals surface area contributed by atoms with Crippen LogP contribution in [0.3, 0.4) is 0 Å². The Morgan fingerprint density at radius 3 is 2.41 bits per heavy atom. The molecule has 0 radical (unpaired) electrons. The van der Waals surface area contributed by atoms with Gasteiger partial charge in [0.25, 0.3) is 0 Å². The fraction of sp³-hybridized carbons (Fsp3) is 0.857. The number of rotatable bonds is 6. The van der Waals surface area contributed by atoms with Crippen molar-refractivity contribution in [2.24, 2.45) is 16.7 Å². The number of ether oxygens (including phenoxy) is 5. The van der Waals surface area contributed by atoms with Crippen LogP contribution in [-0.4, -0.2) is 56.5 Å². The van der Waals surface area contributed by atoms with Gasteiger partial charge in [0.1, 0.15) is 25.1 Å². The van der Waals surface area contributed by atoms with Gasteiger partial charge >= 0.3 is 5.97 Å². The van der Waals surface area contributed by atoms with E-state index < -0.39 is 12.1 Å². The molecule has 7 atom stereocenters. The average molecular weight is 380 g/mol. The normalized spacial score (nSPS) is 44.4. The molecule has 27 heavy (non-hydrogen) atoms. The lowest BCUT2D eigenvalue weighted by Crippen LogP contribution is -2.43. The van der Waals surface area contributed by atoms with E-state index in [0.717, 1.165) is 5.92 Å². The number of hydrogen-bond donors (Lipinski definition) is 0. The number of hydrogen-bond acceptors (Lipinski definition) is 6. The van der Waals surface area contributed by atoms with Crippen LogP contribution < -0.4 is 0 Å². The standard InChI is InChI=1S/C21H32O6/c1-12(2)18(22)27-15-10-24-16-14(9-23-17(15)16)25-11-26-19-20(3,4)13-6-7-21(19,5)8-13/h13-17,19H,1,6-11H2,2-5H3/t13?,14-,15+,16-,17-,19?,21?/m1/s1. The van der Waals surface area contributed by atoms with Crippen LogP contribution in [-0.2, 0) is 28.5 Å². The third-order valence-corrected chi connectivity index (χ3v) is 7.22. The first-order valence-corrected chi connectivity index (χ1v) is 10.1. The van der Waals surface area contributed by atoms with Crippen molar-refractivity contribution >= 4 is 5.97 Å². The van der Waals surface area contributed by atoms with E-state index in [4.69, 9.17) is 23.7 Å². The summed E-state index contributed by atoms with van der Waals surface area (Å²) in [5, 5.41) is 0. The summed E-state index contributed by atoms with van der Waals surface area (Å²) in [7, 11) is 0. The van der Waals surface area contributed by atoms with Gasteiger partial charge in [0.15, 0.2) is 6.10 Å². The van der Waals surface area contributed by atoms with Crippen LogP contribution in [0.25, 0.3) is 0 Å². The molecule has 4 aliphatic rings. The van der Waals surface area contributed by atoms with Crippen LogP contribution in [0.2, 0.25) is 0 Å². The van der Waals surface area contributed by atoms with Gasteiger partial charge in [0, 0.05) is 5.57 Å². The minimum absolute atomic E-state index is 0.191. The molecule has 3 unspecified atom stereocenters. The number of carbonyl (C=O) groups is 1. The maximum absolute atomic E-state index is 11.8. The first-order chi connectivity index (χ1) is 12.7. The summed E-state index contributed by atoms with van der Waals surface area (Å²) in [4.78, 5) is 11.8. The Morgan fingerprint density at radius 2 is 1.78 bits per heavy atom. The van der Waals surface area contributed by atoms with Gasteiger partial charge in [0.05, 0.1) is 19.3 Å². The molecule has 2 saturated heterocycles. The van der Waals surface area contributed by atoms with Gasteiger partial charge in [-0.15, -0.1) is 0 Å². The monoisotopic (exact) mass is 380 g/mol. The van der Waals surface area contributed by atoms with E-state index in [-0.39, 0.29) is 42.0 Å². The van der Waals surface area contributed by atoms with E-state index in [1.807, 2.05) is 0 Å². The highest BCUT2D eigenvalue weighted by Gasteiger charge is 2.60. The Morgan fingerprint density at radius 1 is 1.11 bits per heavy atom. The quantitative estimate of drug-likeness (QED) is 0.401. The van der Waals surface area contributed by atoms with Crippen LogP contribution in [0.1, 0.15) is 47.0 Å². The Hall–Kier alpha value is -0.950. The van der Waals surface area contributed by atoms with Gasteiger partial charge in [-0.1, -0.05) is 27.4 Å². The minimum Gasteiger partial charge on any atom is -0.454 e. The molecule has 2 heterocycles. The second-order valence-corrected chi connectivity index (χ2v) is 9.60. The maximum atomic E-state index is 11.8. The summed E-state index contributed by atoms with van der Waals surface area (Å²) in [6, 6.07) is 0. The van der Waals surface area contributed by atoms with Crippen molar-refractivity contribution in [1.82, 2.24) is 0 Å². The van der Waals surface area contributed by atoms with Crippen molar-refractivity contribution in [3.05, 3.63) is 12.2 Å². The molecule has 152 valence electrons. The third-order valence-electron chi connectivity index (χ3n) is 7.22. The Balaban J connectivity index is 1.28. The zero-order valence-corrected chi connectivity index (χ0v) is 16.9. The minimum atomic E-state index is -0.410. The molecule has 4 rings (SSSR count). The lowest BCUT2D eigenvalue weighted by Gasteiger charge is -2.42. The highest BCUT2D eigenvalue weighted by Crippen LogP contribution is 2.63. The fourth-order valence-corrected chi connectivity index (χ4v) is 5.78. The van der Waals surface area contributed by atoms with Gasteiger partial charge < -0.3 is 23.7 Å². The molecule has 4 fully saturated rings. The Labute approximate surface area is 161 Å². The van der Waals surface area contributed by atoms with Crippen LogP contribution >= 0.6 is 0 Å². The second kappa shape index (κ2) is 6.83. The van der Waals surface area contributed by atoms with E-state index in [9.17, 15) is 4.79 Å². The van der Waals surface area contributed by atoms with Crippen molar-refractivity contribution < 1.29 is 28.5 Å². The number of fused-ring (bicyclic) bond motifs is 3. The molecule has 0 spiro atoms. The van der Waals surface area contributed by atoms with Crippen LogP contribution in [0, 0.1) is 16.7 Å². The zero-order chi connectivity index (χ0) is 19.4. The highest BCUT2D eigenvalue weighted by molar-refractivity contribution is 5.87. The molecule has 0 aromatic carbocycles. The Bertz CT molecular complexity index is 611. The van der Waals surface area contributed by atoms with E-state index in [2.05, 4.69) is 27.4 Å².